The van der Waals surface area contributed by atoms with Crippen LogP contribution in [0.4, 0.5) is 0 Å². The summed E-state index contributed by atoms with van der Waals surface area (Å²) in [5.41, 5.74) is 8.76. The fourth-order valence-electron chi connectivity index (χ4n) is 0.890. The third kappa shape index (κ3) is 0.710. The summed E-state index contributed by atoms with van der Waals surface area (Å²) in [5.74, 6) is -0.707. The SMILES string of the molecule is NC(=O)C1(O)CCC1N. The average molecular weight is 130 g/mol. The van der Waals surface area contributed by atoms with Crippen molar-refractivity contribution >= 4 is 5.91 Å². The fourth-order valence-corrected chi connectivity index (χ4v) is 0.890. The molecule has 1 saturated carbocycles. The van der Waals surface area contributed by atoms with Gasteiger partial charge in [0.25, 0.3) is 5.91 Å². The van der Waals surface area contributed by atoms with E-state index in [0.717, 1.165) is 0 Å². The summed E-state index contributed by atoms with van der Waals surface area (Å²) in [4.78, 5) is 10.4. The van der Waals surface area contributed by atoms with Crippen molar-refractivity contribution in [3.63, 3.8) is 0 Å². The van der Waals surface area contributed by atoms with Crippen LogP contribution in [0.3, 0.4) is 0 Å². The summed E-state index contributed by atoms with van der Waals surface area (Å²) in [6.45, 7) is 0. The maximum absolute atomic E-state index is 10.4. The van der Waals surface area contributed by atoms with E-state index >= 15 is 0 Å². The zero-order chi connectivity index (χ0) is 7.07. The number of carbonyl (C=O) groups is 1. The number of rotatable bonds is 1. The molecule has 1 rings (SSSR count). The Balaban J connectivity index is 2.64. The van der Waals surface area contributed by atoms with Gasteiger partial charge in [-0.1, -0.05) is 0 Å². The highest BCUT2D eigenvalue weighted by molar-refractivity contribution is 5.85. The molecule has 0 saturated heterocycles. The first kappa shape index (κ1) is 6.51. The van der Waals surface area contributed by atoms with E-state index in [1.165, 1.54) is 0 Å². The third-order valence-electron chi connectivity index (χ3n) is 1.88. The number of carbonyl (C=O) groups excluding carboxylic acids is 1. The molecule has 4 nitrogen and oxygen atoms in total. The molecule has 0 radical (unpaired) electrons. The minimum atomic E-state index is -1.40. The molecule has 5 N–H and O–H groups in total. The Morgan fingerprint density at radius 3 is 2.33 bits per heavy atom. The first-order chi connectivity index (χ1) is 4.07. The summed E-state index contributed by atoms with van der Waals surface area (Å²) in [6.07, 6.45) is 1.09. The van der Waals surface area contributed by atoms with Gasteiger partial charge >= 0.3 is 0 Å². The van der Waals surface area contributed by atoms with Gasteiger partial charge in [-0.05, 0) is 12.8 Å². The van der Waals surface area contributed by atoms with E-state index in [0.29, 0.717) is 12.8 Å². The molecule has 52 valence electrons. The van der Waals surface area contributed by atoms with Crippen molar-refractivity contribution in [3.05, 3.63) is 0 Å². The quantitative estimate of drug-likeness (QED) is 0.396. The van der Waals surface area contributed by atoms with Gasteiger partial charge in [-0.3, -0.25) is 4.79 Å². The maximum Gasteiger partial charge on any atom is 0.251 e. The number of hydrogen-bond donors (Lipinski definition) is 3. The van der Waals surface area contributed by atoms with Crippen LogP contribution in [0, 0.1) is 0 Å². The summed E-state index contributed by atoms with van der Waals surface area (Å²) in [7, 11) is 0. The van der Waals surface area contributed by atoms with Crippen molar-refractivity contribution in [1.29, 1.82) is 0 Å². The Labute approximate surface area is 52.8 Å². The van der Waals surface area contributed by atoms with Gasteiger partial charge < -0.3 is 16.6 Å². The molecule has 0 aromatic heterocycles. The minimum absolute atomic E-state index is 0.406. The minimum Gasteiger partial charge on any atom is -0.378 e. The molecule has 4 heteroatoms. The van der Waals surface area contributed by atoms with E-state index in [2.05, 4.69) is 0 Å². The first-order valence-corrected chi connectivity index (χ1v) is 2.85. The second-order valence-electron chi connectivity index (χ2n) is 2.43. The van der Waals surface area contributed by atoms with Crippen molar-refractivity contribution in [2.75, 3.05) is 0 Å². The van der Waals surface area contributed by atoms with Crippen LogP contribution >= 0.6 is 0 Å². The van der Waals surface area contributed by atoms with Crippen molar-refractivity contribution in [2.24, 2.45) is 11.5 Å². The number of amides is 1. The molecule has 0 aliphatic heterocycles. The lowest BCUT2D eigenvalue weighted by molar-refractivity contribution is -0.148. The normalized spacial score (nSPS) is 41.8. The molecule has 1 amide bonds. The zero-order valence-electron chi connectivity index (χ0n) is 5.00. The van der Waals surface area contributed by atoms with Crippen LogP contribution in [0.15, 0.2) is 0 Å². The van der Waals surface area contributed by atoms with Crippen molar-refractivity contribution < 1.29 is 9.90 Å². The van der Waals surface area contributed by atoms with Crippen LogP contribution in [-0.4, -0.2) is 22.7 Å². The summed E-state index contributed by atoms with van der Waals surface area (Å²) in [5, 5.41) is 9.16. The van der Waals surface area contributed by atoms with Gasteiger partial charge in [0, 0.05) is 6.04 Å². The first-order valence-electron chi connectivity index (χ1n) is 2.85. The number of hydrogen-bond acceptors (Lipinski definition) is 3. The summed E-state index contributed by atoms with van der Waals surface area (Å²) in [6, 6.07) is -0.449. The van der Waals surface area contributed by atoms with E-state index in [1.54, 1.807) is 0 Å². The van der Waals surface area contributed by atoms with Gasteiger partial charge in [-0.15, -0.1) is 0 Å². The van der Waals surface area contributed by atoms with Gasteiger partial charge in [0.05, 0.1) is 0 Å². The summed E-state index contributed by atoms with van der Waals surface area (Å²) < 4.78 is 0. The lowest BCUT2D eigenvalue weighted by atomic mass is 9.75. The second-order valence-corrected chi connectivity index (χ2v) is 2.43. The molecule has 0 bridgehead atoms. The van der Waals surface area contributed by atoms with E-state index < -0.39 is 17.6 Å². The number of nitrogens with two attached hydrogens (primary N) is 2. The molecule has 0 aromatic rings. The van der Waals surface area contributed by atoms with Crippen LogP contribution in [0.1, 0.15) is 12.8 Å². The Morgan fingerprint density at radius 2 is 2.33 bits per heavy atom. The second kappa shape index (κ2) is 1.68. The maximum atomic E-state index is 10.4. The molecule has 0 spiro atoms. The monoisotopic (exact) mass is 130 g/mol. The molecular weight excluding hydrogens is 120 g/mol. The van der Waals surface area contributed by atoms with Gasteiger partial charge in [-0.25, -0.2) is 0 Å². The van der Waals surface area contributed by atoms with Crippen molar-refractivity contribution in [3.8, 4) is 0 Å². The van der Waals surface area contributed by atoms with E-state index in [4.69, 9.17) is 16.6 Å². The van der Waals surface area contributed by atoms with Gasteiger partial charge in [0.1, 0.15) is 0 Å². The van der Waals surface area contributed by atoms with Gasteiger partial charge in [0.15, 0.2) is 5.60 Å². The molecule has 1 aliphatic carbocycles. The highest BCUT2D eigenvalue weighted by atomic mass is 16.3. The van der Waals surface area contributed by atoms with Gasteiger partial charge in [0.2, 0.25) is 0 Å². The van der Waals surface area contributed by atoms with E-state index in [9.17, 15) is 4.79 Å². The smallest absolute Gasteiger partial charge is 0.251 e. The van der Waals surface area contributed by atoms with Crippen LogP contribution in [0.2, 0.25) is 0 Å². The molecule has 1 aliphatic rings. The molecule has 9 heavy (non-hydrogen) atoms. The van der Waals surface area contributed by atoms with Crippen LogP contribution in [0.25, 0.3) is 0 Å². The standard InChI is InChI=1S/C5H10N2O2/c6-3-1-2-5(3,9)4(7)8/h3,9H,1-2,6H2,(H2,7,8). The Hall–Kier alpha value is -0.610. The van der Waals surface area contributed by atoms with Gasteiger partial charge in [-0.2, -0.15) is 0 Å². The summed E-state index contributed by atoms with van der Waals surface area (Å²) >= 11 is 0. The molecule has 0 heterocycles. The molecular formula is C5H10N2O2. The Bertz CT molecular complexity index is 148. The molecule has 1 fully saturated rings. The van der Waals surface area contributed by atoms with Crippen LogP contribution < -0.4 is 11.5 Å². The largest absolute Gasteiger partial charge is 0.378 e. The molecule has 2 unspecified atom stereocenters. The average Bonchev–Trinajstić information content (AvgIpc) is 1.82. The van der Waals surface area contributed by atoms with Crippen LogP contribution in [0.5, 0.6) is 0 Å². The zero-order valence-corrected chi connectivity index (χ0v) is 5.00. The lowest BCUT2D eigenvalue weighted by Gasteiger charge is -2.39. The highest BCUT2D eigenvalue weighted by Crippen LogP contribution is 2.29. The predicted molar refractivity (Wildman–Crippen MR) is 31.4 cm³/mol. The topological polar surface area (TPSA) is 89.3 Å². The number of primary amides is 1. The van der Waals surface area contributed by atoms with Crippen molar-refractivity contribution in [2.45, 2.75) is 24.5 Å². The Morgan fingerprint density at radius 1 is 1.78 bits per heavy atom. The van der Waals surface area contributed by atoms with Crippen LogP contribution in [-0.2, 0) is 4.79 Å². The van der Waals surface area contributed by atoms with E-state index in [-0.39, 0.29) is 0 Å². The van der Waals surface area contributed by atoms with E-state index in [1.807, 2.05) is 0 Å². The van der Waals surface area contributed by atoms with Crippen molar-refractivity contribution in [1.82, 2.24) is 0 Å². The molecule has 0 aromatic carbocycles. The predicted octanol–water partition coefficient (Wildman–Crippen LogP) is -1.68. The highest BCUT2D eigenvalue weighted by Gasteiger charge is 2.48. The lowest BCUT2D eigenvalue weighted by Crippen LogP contribution is -2.64. The Kier molecular flexibility index (Phi) is 1.22. The number of aliphatic hydroxyl groups is 1. The molecule has 2 atom stereocenters. The fraction of sp³-hybridized carbons (Fsp3) is 0.800. The third-order valence-corrected chi connectivity index (χ3v) is 1.88.